The maximum absolute atomic E-state index is 12.1. The molecule has 9 nitrogen and oxygen atoms in total. The van der Waals surface area contributed by atoms with Crippen LogP contribution in [-0.2, 0) is 4.79 Å². The third-order valence-electron chi connectivity index (χ3n) is 3.37. The topological polar surface area (TPSA) is 109 Å². The van der Waals surface area contributed by atoms with Gasteiger partial charge < -0.3 is 24.3 Å². The maximum atomic E-state index is 12.1. The van der Waals surface area contributed by atoms with Crippen LogP contribution in [0.4, 0.5) is 11.4 Å². The molecule has 0 saturated carbocycles. The van der Waals surface area contributed by atoms with Crippen LogP contribution in [0, 0.1) is 10.1 Å². The Morgan fingerprint density at radius 3 is 2.08 bits per heavy atom. The zero-order chi connectivity index (χ0) is 19.1. The van der Waals surface area contributed by atoms with Crippen LogP contribution in [0.5, 0.6) is 23.0 Å². The Hall–Kier alpha value is -3.49. The summed E-state index contributed by atoms with van der Waals surface area (Å²) in [6, 6.07) is 8.62. The van der Waals surface area contributed by atoms with Gasteiger partial charge in [-0.2, -0.15) is 0 Å². The molecule has 0 saturated heterocycles. The summed E-state index contributed by atoms with van der Waals surface area (Å²) in [5.41, 5.74) is 0.385. The van der Waals surface area contributed by atoms with E-state index in [4.69, 9.17) is 18.9 Å². The van der Waals surface area contributed by atoms with Gasteiger partial charge in [0.05, 0.1) is 26.3 Å². The van der Waals surface area contributed by atoms with E-state index in [9.17, 15) is 14.9 Å². The molecule has 2 rings (SSSR count). The average molecular weight is 362 g/mol. The number of rotatable bonds is 8. The second-order valence-corrected chi connectivity index (χ2v) is 5.00. The van der Waals surface area contributed by atoms with Crippen LogP contribution in [0.25, 0.3) is 0 Å². The van der Waals surface area contributed by atoms with Crippen molar-refractivity contribution in [3.05, 3.63) is 46.5 Å². The van der Waals surface area contributed by atoms with Gasteiger partial charge in [0, 0.05) is 30.0 Å². The number of carbonyl (C=O) groups excluding carboxylic acids is 1. The fraction of sp³-hybridized carbons (Fsp3) is 0.235. The summed E-state index contributed by atoms with van der Waals surface area (Å²) in [7, 11) is 4.43. The van der Waals surface area contributed by atoms with Crippen molar-refractivity contribution < 1.29 is 28.7 Å². The van der Waals surface area contributed by atoms with Gasteiger partial charge in [-0.3, -0.25) is 14.9 Å². The minimum absolute atomic E-state index is 0.0563. The van der Waals surface area contributed by atoms with E-state index < -0.39 is 10.8 Å². The predicted octanol–water partition coefficient (Wildman–Crippen LogP) is 2.64. The first-order valence-corrected chi connectivity index (χ1v) is 7.45. The molecule has 1 N–H and O–H groups in total. The van der Waals surface area contributed by atoms with Crippen LogP contribution in [-0.4, -0.2) is 38.8 Å². The molecule has 2 aromatic rings. The Kier molecular flexibility index (Phi) is 6.20. The lowest BCUT2D eigenvalue weighted by Crippen LogP contribution is -2.20. The monoisotopic (exact) mass is 362 g/mol. The standard InChI is InChI=1S/C17H18N2O7/c1-23-14-8-11(9-15(24-2)17(14)25-3)18-16(20)10-26-13-6-4-12(5-7-13)19(21)22/h4-9H,10H2,1-3H3,(H,18,20). The first-order valence-electron chi connectivity index (χ1n) is 7.45. The summed E-state index contributed by atoms with van der Waals surface area (Å²) < 4.78 is 21.0. The number of nitro benzene ring substituents is 1. The van der Waals surface area contributed by atoms with E-state index >= 15 is 0 Å². The summed E-state index contributed by atoms with van der Waals surface area (Å²) in [4.78, 5) is 22.1. The first kappa shape index (κ1) is 18.8. The highest BCUT2D eigenvalue weighted by molar-refractivity contribution is 5.92. The van der Waals surface area contributed by atoms with Crippen LogP contribution >= 0.6 is 0 Å². The van der Waals surface area contributed by atoms with Crippen molar-refractivity contribution in [2.45, 2.75) is 0 Å². The highest BCUT2D eigenvalue weighted by Gasteiger charge is 2.15. The number of non-ortho nitro benzene ring substituents is 1. The number of methoxy groups -OCH3 is 3. The fourth-order valence-corrected chi connectivity index (χ4v) is 2.16. The van der Waals surface area contributed by atoms with Gasteiger partial charge in [-0.15, -0.1) is 0 Å². The second kappa shape index (κ2) is 8.56. The van der Waals surface area contributed by atoms with Gasteiger partial charge in [0.25, 0.3) is 11.6 Å². The average Bonchev–Trinajstić information content (AvgIpc) is 2.65. The Morgan fingerprint density at radius 2 is 1.62 bits per heavy atom. The molecule has 26 heavy (non-hydrogen) atoms. The van der Waals surface area contributed by atoms with E-state index in [1.165, 1.54) is 45.6 Å². The Morgan fingerprint density at radius 1 is 1.04 bits per heavy atom. The normalized spacial score (nSPS) is 9.96. The van der Waals surface area contributed by atoms with Gasteiger partial charge in [-0.05, 0) is 12.1 Å². The van der Waals surface area contributed by atoms with Gasteiger partial charge in [0.2, 0.25) is 5.75 Å². The number of ether oxygens (including phenoxy) is 4. The summed E-state index contributed by atoms with van der Waals surface area (Å²) in [5.74, 6) is 1.14. The van der Waals surface area contributed by atoms with Crippen LogP contribution < -0.4 is 24.3 Å². The molecule has 0 aliphatic rings. The molecule has 0 radical (unpaired) electrons. The molecule has 0 unspecified atom stereocenters. The Labute approximate surface area is 149 Å². The number of nitrogens with zero attached hydrogens (tertiary/aromatic N) is 1. The van der Waals surface area contributed by atoms with Crippen LogP contribution in [0.15, 0.2) is 36.4 Å². The lowest BCUT2D eigenvalue weighted by atomic mass is 10.2. The number of amides is 1. The predicted molar refractivity (Wildman–Crippen MR) is 93.3 cm³/mol. The molecule has 0 aliphatic heterocycles. The molecule has 2 aromatic carbocycles. The van der Waals surface area contributed by atoms with Crippen LogP contribution in [0.3, 0.4) is 0 Å². The summed E-state index contributed by atoms with van der Waals surface area (Å²) in [6.45, 7) is -0.269. The summed E-state index contributed by atoms with van der Waals surface area (Å²) in [5, 5.41) is 13.3. The lowest BCUT2D eigenvalue weighted by Gasteiger charge is -2.14. The molecule has 9 heteroatoms. The van der Waals surface area contributed by atoms with Gasteiger partial charge in [-0.1, -0.05) is 0 Å². The quantitative estimate of drug-likeness (QED) is 0.568. The molecule has 0 heterocycles. The molecule has 138 valence electrons. The molecule has 0 spiro atoms. The zero-order valence-corrected chi connectivity index (χ0v) is 14.5. The summed E-state index contributed by atoms with van der Waals surface area (Å²) in [6.07, 6.45) is 0. The van der Waals surface area contributed by atoms with E-state index in [0.717, 1.165) is 0 Å². The molecule has 0 fully saturated rings. The number of benzene rings is 2. The Balaban J connectivity index is 2.02. The van der Waals surface area contributed by atoms with Crippen molar-refractivity contribution >= 4 is 17.3 Å². The van der Waals surface area contributed by atoms with Gasteiger partial charge >= 0.3 is 0 Å². The van der Waals surface area contributed by atoms with E-state index in [1.54, 1.807) is 12.1 Å². The smallest absolute Gasteiger partial charge is 0.269 e. The van der Waals surface area contributed by atoms with Gasteiger partial charge in [0.1, 0.15) is 5.75 Å². The van der Waals surface area contributed by atoms with Gasteiger partial charge in [0.15, 0.2) is 18.1 Å². The van der Waals surface area contributed by atoms with E-state index in [1.807, 2.05) is 0 Å². The van der Waals surface area contributed by atoms with E-state index in [-0.39, 0.29) is 12.3 Å². The first-order chi connectivity index (χ1) is 12.5. The van der Waals surface area contributed by atoms with E-state index in [2.05, 4.69) is 5.32 Å². The van der Waals surface area contributed by atoms with E-state index in [0.29, 0.717) is 28.7 Å². The molecular formula is C17H18N2O7. The van der Waals surface area contributed by atoms with Gasteiger partial charge in [-0.25, -0.2) is 0 Å². The minimum Gasteiger partial charge on any atom is -0.493 e. The van der Waals surface area contributed by atoms with Crippen molar-refractivity contribution in [2.24, 2.45) is 0 Å². The van der Waals surface area contributed by atoms with Crippen molar-refractivity contribution in [2.75, 3.05) is 33.3 Å². The molecule has 0 aromatic heterocycles. The molecule has 0 atom stereocenters. The highest BCUT2D eigenvalue weighted by Crippen LogP contribution is 2.39. The number of hydrogen-bond acceptors (Lipinski definition) is 7. The number of hydrogen-bond donors (Lipinski definition) is 1. The number of nitrogens with one attached hydrogen (secondary N) is 1. The zero-order valence-electron chi connectivity index (χ0n) is 14.5. The third kappa shape index (κ3) is 4.53. The van der Waals surface area contributed by atoms with Crippen molar-refractivity contribution in [3.63, 3.8) is 0 Å². The largest absolute Gasteiger partial charge is 0.493 e. The third-order valence-corrected chi connectivity index (χ3v) is 3.37. The van der Waals surface area contributed by atoms with Crippen molar-refractivity contribution in [1.82, 2.24) is 0 Å². The highest BCUT2D eigenvalue weighted by atomic mass is 16.6. The van der Waals surface area contributed by atoms with Crippen molar-refractivity contribution in [3.8, 4) is 23.0 Å². The number of anilines is 1. The maximum Gasteiger partial charge on any atom is 0.269 e. The molecule has 1 amide bonds. The molecule has 0 bridgehead atoms. The fourth-order valence-electron chi connectivity index (χ4n) is 2.16. The second-order valence-electron chi connectivity index (χ2n) is 5.00. The Bertz CT molecular complexity index is 765. The van der Waals surface area contributed by atoms with Crippen LogP contribution in [0.1, 0.15) is 0 Å². The minimum atomic E-state index is -0.513. The van der Waals surface area contributed by atoms with Crippen LogP contribution in [0.2, 0.25) is 0 Å². The number of nitro groups is 1. The molecular weight excluding hydrogens is 344 g/mol. The molecule has 0 aliphatic carbocycles. The lowest BCUT2D eigenvalue weighted by molar-refractivity contribution is -0.384. The SMILES string of the molecule is COc1cc(NC(=O)COc2ccc([N+](=O)[O-])cc2)cc(OC)c1OC. The summed E-state index contributed by atoms with van der Waals surface area (Å²) >= 11 is 0. The number of carbonyl (C=O) groups is 1. The van der Waals surface area contributed by atoms with Crippen molar-refractivity contribution in [1.29, 1.82) is 0 Å².